The minimum Gasteiger partial charge on any atom is -0.443 e. The number of carbonyl (C=O) groups excluding carboxylic acids is 2. The molecule has 2 aromatic carbocycles. The van der Waals surface area contributed by atoms with Gasteiger partial charge in [-0.2, -0.15) is 0 Å². The molecule has 0 aliphatic carbocycles. The molecule has 0 aromatic heterocycles. The van der Waals surface area contributed by atoms with Crippen molar-refractivity contribution in [2.45, 2.75) is 26.0 Å². The molecule has 3 amide bonds. The molecule has 1 saturated heterocycles. The molecule has 0 bridgehead atoms. The number of carbonyl (C=O) groups is 2. The standard InChI is InChI=1S/C19H19ClN2O3/c1-12(2)17-16(13-7-4-3-5-8-13)22(19(24)25-17)18(23)21-15-10-6-9-14(20)11-15/h3-12,16-17H,1-2H3,(H,21,23)/t16-,17-/m0/s1. The van der Waals surface area contributed by atoms with Gasteiger partial charge in [0.05, 0.1) is 0 Å². The van der Waals surface area contributed by atoms with Crippen LogP contribution in [0.15, 0.2) is 54.6 Å². The number of nitrogens with one attached hydrogen (secondary N) is 1. The molecule has 1 heterocycles. The number of cyclic esters (lactones) is 1. The zero-order valence-electron chi connectivity index (χ0n) is 14.0. The van der Waals surface area contributed by atoms with Crippen molar-refractivity contribution in [2.24, 2.45) is 5.92 Å². The summed E-state index contributed by atoms with van der Waals surface area (Å²) in [6.07, 6.45) is -1.05. The van der Waals surface area contributed by atoms with Gasteiger partial charge in [-0.1, -0.05) is 61.8 Å². The van der Waals surface area contributed by atoms with E-state index in [1.807, 2.05) is 44.2 Å². The summed E-state index contributed by atoms with van der Waals surface area (Å²) in [7, 11) is 0. The molecule has 0 unspecified atom stereocenters. The number of benzene rings is 2. The topological polar surface area (TPSA) is 58.6 Å². The molecule has 130 valence electrons. The summed E-state index contributed by atoms with van der Waals surface area (Å²) in [5.74, 6) is 0.0677. The second-order valence-electron chi connectivity index (χ2n) is 6.26. The van der Waals surface area contributed by atoms with Gasteiger partial charge in [-0.15, -0.1) is 0 Å². The number of anilines is 1. The largest absolute Gasteiger partial charge is 0.443 e. The molecule has 2 atom stereocenters. The average Bonchev–Trinajstić information content (AvgIpc) is 2.93. The SMILES string of the molecule is CC(C)[C@@H]1OC(=O)N(C(=O)Nc2cccc(Cl)c2)[C@H]1c1ccccc1. The minimum absolute atomic E-state index is 0.0677. The first-order valence-electron chi connectivity index (χ1n) is 8.08. The van der Waals surface area contributed by atoms with Gasteiger partial charge in [-0.3, -0.25) is 0 Å². The van der Waals surface area contributed by atoms with Crippen LogP contribution in [0.3, 0.4) is 0 Å². The maximum atomic E-state index is 12.8. The summed E-state index contributed by atoms with van der Waals surface area (Å²) in [5, 5.41) is 3.22. The van der Waals surface area contributed by atoms with Crippen molar-refractivity contribution in [3.8, 4) is 0 Å². The van der Waals surface area contributed by atoms with Gasteiger partial charge in [-0.25, -0.2) is 14.5 Å². The van der Waals surface area contributed by atoms with E-state index in [4.69, 9.17) is 16.3 Å². The van der Waals surface area contributed by atoms with E-state index >= 15 is 0 Å². The zero-order chi connectivity index (χ0) is 18.0. The van der Waals surface area contributed by atoms with Crippen LogP contribution in [0.25, 0.3) is 0 Å². The number of ether oxygens (including phenoxy) is 1. The lowest BCUT2D eigenvalue weighted by molar-refractivity contribution is 0.102. The van der Waals surface area contributed by atoms with Gasteiger partial charge in [0.25, 0.3) is 0 Å². The fourth-order valence-electron chi connectivity index (χ4n) is 2.95. The van der Waals surface area contributed by atoms with E-state index in [0.29, 0.717) is 10.7 Å². The third kappa shape index (κ3) is 3.61. The normalized spacial score (nSPS) is 19.8. The van der Waals surface area contributed by atoms with Crippen molar-refractivity contribution in [2.75, 3.05) is 5.32 Å². The van der Waals surface area contributed by atoms with Crippen LogP contribution in [-0.2, 0) is 4.74 Å². The number of hydrogen-bond acceptors (Lipinski definition) is 3. The molecule has 6 heteroatoms. The Balaban J connectivity index is 1.91. The summed E-state index contributed by atoms with van der Waals surface area (Å²) < 4.78 is 5.49. The Kier molecular flexibility index (Phi) is 4.95. The van der Waals surface area contributed by atoms with Crippen LogP contribution in [0, 0.1) is 5.92 Å². The minimum atomic E-state index is -0.646. The smallest absolute Gasteiger partial charge is 0.419 e. The van der Waals surface area contributed by atoms with Crippen molar-refractivity contribution in [3.05, 3.63) is 65.2 Å². The quantitative estimate of drug-likeness (QED) is 0.831. The lowest BCUT2D eigenvalue weighted by atomic mass is 9.93. The third-order valence-corrected chi connectivity index (χ3v) is 4.35. The number of rotatable bonds is 3. The fourth-order valence-corrected chi connectivity index (χ4v) is 3.14. The van der Waals surface area contributed by atoms with Gasteiger partial charge >= 0.3 is 12.1 Å². The van der Waals surface area contributed by atoms with Gasteiger partial charge < -0.3 is 10.1 Å². The van der Waals surface area contributed by atoms with E-state index in [9.17, 15) is 9.59 Å². The van der Waals surface area contributed by atoms with Gasteiger partial charge in [0.1, 0.15) is 12.1 Å². The summed E-state index contributed by atoms with van der Waals surface area (Å²) >= 11 is 5.95. The highest BCUT2D eigenvalue weighted by atomic mass is 35.5. The number of amides is 3. The Morgan fingerprint density at radius 2 is 1.88 bits per heavy atom. The van der Waals surface area contributed by atoms with E-state index in [0.717, 1.165) is 10.5 Å². The molecule has 1 aliphatic heterocycles. The molecule has 0 saturated carbocycles. The Morgan fingerprint density at radius 3 is 2.52 bits per heavy atom. The molecule has 1 fully saturated rings. The molecule has 0 spiro atoms. The van der Waals surface area contributed by atoms with Crippen LogP contribution in [0.5, 0.6) is 0 Å². The highest BCUT2D eigenvalue weighted by molar-refractivity contribution is 6.30. The number of urea groups is 1. The van der Waals surface area contributed by atoms with Gasteiger partial charge in [0.15, 0.2) is 0 Å². The summed E-state index contributed by atoms with van der Waals surface area (Å²) in [6.45, 7) is 3.93. The number of nitrogens with zero attached hydrogens (tertiary/aromatic N) is 1. The molecule has 0 radical (unpaired) electrons. The van der Waals surface area contributed by atoms with E-state index in [-0.39, 0.29) is 5.92 Å². The predicted octanol–water partition coefficient (Wildman–Crippen LogP) is 5.09. The van der Waals surface area contributed by atoms with Crippen molar-refractivity contribution in [3.63, 3.8) is 0 Å². The van der Waals surface area contributed by atoms with Crippen LogP contribution in [0.2, 0.25) is 5.02 Å². The van der Waals surface area contributed by atoms with Crippen molar-refractivity contribution < 1.29 is 14.3 Å². The van der Waals surface area contributed by atoms with E-state index in [1.54, 1.807) is 24.3 Å². The molecule has 2 aromatic rings. The van der Waals surface area contributed by atoms with Crippen LogP contribution in [0.1, 0.15) is 25.5 Å². The van der Waals surface area contributed by atoms with Crippen LogP contribution in [0.4, 0.5) is 15.3 Å². The van der Waals surface area contributed by atoms with E-state index < -0.39 is 24.3 Å². The monoisotopic (exact) mass is 358 g/mol. The second kappa shape index (κ2) is 7.15. The number of hydrogen-bond donors (Lipinski definition) is 1. The Hall–Kier alpha value is -2.53. The average molecular weight is 359 g/mol. The maximum Gasteiger partial charge on any atom is 0.419 e. The van der Waals surface area contributed by atoms with E-state index in [2.05, 4.69) is 5.32 Å². The molecular weight excluding hydrogens is 340 g/mol. The lowest BCUT2D eigenvalue weighted by Gasteiger charge is -2.25. The highest BCUT2D eigenvalue weighted by Gasteiger charge is 2.47. The fraction of sp³-hybridized carbons (Fsp3) is 0.263. The Morgan fingerprint density at radius 1 is 1.16 bits per heavy atom. The van der Waals surface area contributed by atoms with Crippen LogP contribution < -0.4 is 5.32 Å². The lowest BCUT2D eigenvalue weighted by Crippen LogP contribution is -2.39. The first-order chi connectivity index (χ1) is 12.0. The van der Waals surface area contributed by atoms with Crippen molar-refractivity contribution >= 4 is 29.4 Å². The number of halogens is 1. The highest BCUT2D eigenvalue weighted by Crippen LogP contribution is 2.37. The third-order valence-electron chi connectivity index (χ3n) is 4.12. The molecule has 5 nitrogen and oxygen atoms in total. The molecule has 3 rings (SSSR count). The van der Waals surface area contributed by atoms with Gasteiger partial charge in [-0.05, 0) is 29.7 Å². The molecular formula is C19H19ClN2O3. The van der Waals surface area contributed by atoms with Crippen LogP contribution in [-0.4, -0.2) is 23.1 Å². The Bertz CT molecular complexity index is 779. The number of imide groups is 1. The van der Waals surface area contributed by atoms with E-state index in [1.165, 1.54) is 0 Å². The molecule has 25 heavy (non-hydrogen) atoms. The zero-order valence-corrected chi connectivity index (χ0v) is 14.7. The summed E-state index contributed by atoms with van der Waals surface area (Å²) in [4.78, 5) is 26.3. The molecule has 1 N–H and O–H groups in total. The Labute approximate surface area is 151 Å². The molecule has 1 aliphatic rings. The van der Waals surface area contributed by atoms with Crippen molar-refractivity contribution in [1.29, 1.82) is 0 Å². The van der Waals surface area contributed by atoms with Gasteiger partial charge in [0.2, 0.25) is 0 Å². The summed E-state index contributed by atoms with van der Waals surface area (Å²) in [6, 6.07) is 15.2. The summed E-state index contributed by atoms with van der Waals surface area (Å²) in [5.41, 5.74) is 1.37. The van der Waals surface area contributed by atoms with Crippen LogP contribution >= 0.6 is 11.6 Å². The van der Waals surface area contributed by atoms with Gasteiger partial charge in [0, 0.05) is 10.7 Å². The first kappa shape index (κ1) is 17.3. The first-order valence-corrected chi connectivity index (χ1v) is 8.46. The van der Waals surface area contributed by atoms with Crippen molar-refractivity contribution in [1.82, 2.24) is 4.90 Å². The predicted molar refractivity (Wildman–Crippen MR) is 96.6 cm³/mol. The second-order valence-corrected chi connectivity index (χ2v) is 6.69. The maximum absolute atomic E-state index is 12.8.